The molecule has 0 fully saturated rings. The summed E-state index contributed by atoms with van der Waals surface area (Å²) in [5.41, 5.74) is 0. The van der Waals surface area contributed by atoms with Gasteiger partial charge in [0.05, 0.1) is 0 Å². The van der Waals surface area contributed by atoms with Crippen molar-refractivity contribution in [1.29, 1.82) is 0 Å². The van der Waals surface area contributed by atoms with Gasteiger partial charge in [0.25, 0.3) is 0 Å². The minimum Gasteiger partial charge on any atom is -0.462 e. The zero-order valence-corrected chi connectivity index (χ0v) is 50.7. The van der Waals surface area contributed by atoms with Crippen molar-refractivity contribution in [2.75, 3.05) is 13.2 Å². The molecule has 0 saturated carbocycles. The third-order valence-electron chi connectivity index (χ3n) is 15.9. The quantitative estimate of drug-likeness (QED) is 0.0343. The van der Waals surface area contributed by atoms with Gasteiger partial charge in [-0.05, 0) is 19.3 Å². The molecule has 0 radical (unpaired) electrons. The van der Waals surface area contributed by atoms with E-state index in [0.29, 0.717) is 19.3 Å². The first-order valence-electron chi connectivity index (χ1n) is 34.0. The summed E-state index contributed by atoms with van der Waals surface area (Å²) >= 11 is 0. The molecule has 1 atom stereocenters. The van der Waals surface area contributed by atoms with E-state index in [-0.39, 0.29) is 31.1 Å². The molecule has 6 heteroatoms. The van der Waals surface area contributed by atoms with Gasteiger partial charge in [0.2, 0.25) is 0 Å². The summed E-state index contributed by atoms with van der Waals surface area (Å²) in [6, 6.07) is 0. The van der Waals surface area contributed by atoms with Gasteiger partial charge >= 0.3 is 17.9 Å². The summed E-state index contributed by atoms with van der Waals surface area (Å²) in [4.78, 5) is 38.1. The predicted molar refractivity (Wildman–Crippen MR) is 321 cm³/mol. The topological polar surface area (TPSA) is 78.9 Å². The number of rotatable bonds is 64. The van der Waals surface area contributed by atoms with Gasteiger partial charge in [-0.2, -0.15) is 0 Å². The van der Waals surface area contributed by atoms with Crippen molar-refractivity contribution in [3.63, 3.8) is 0 Å². The minimum absolute atomic E-state index is 0.0613. The highest BCUT2D eigenvalue weighted by atomic mass is 16.6. The van der Waals surface area contributed by atoms with Crippen molar-refractivity contribution in [2.45, 2.75) is 406 Å². The van der Waals surface area contributed by atoms with Crippen molar-refractivity contribution in [3.05, 3.63) is 0 Å². The SMILES string of the molecule is CCCCCCCCCCCCCCCCCCCCCCCCCCCCCCCCCCC(=O)OCC(COC(=O)CCCCCCCCCC)OC(=O)CCCCCCCCCCCCCCCCCC. The van der Waals surface area contributed by atoms with E-state index in [2.05, 4.69) is 20.8 Å². The highest BCUT2D eigenvalue weighted by Gasteiger charge is 2.19. The van der Waals surface area contributed by atoms with Crippen LogP contribution in [-0.2, 0) is 28.6 Å². The molecule has 0 spiro atoms. The number of hydrogen-bond donors (Lipinski definition) is 0. The first-order valence-corrected chi connectivity index (χ1v) is 34.0. The lowest BCUT2D eigenvalue weighted by Crippen LogP contribution is -2.30. The summed E-state index contributed by atoms with van der Waals surface area (Å²) in [6.45, 7) is 6.69. The smallest absolute Gasteiger partial charge is 0.306 e. The number of esters is 3. The monoisotopic (exact) mass is 1050 g/mol. The van der Waals surface area contributed by atoms with E-state index in [1.54, 1.807) is 0 Å². The van der Waals surface area contributed by atoms with Crippen molar-refractivity contribution < 1.29 is 28.6 Å². The van der Waals surface area contributed by atoms with Crippen LogP contribution in [0, 0.1) is 0 Å². The van der Waals surface area contributed by atoms with E-state index in [4.69, 9.17) is 14.2 Å². The predicted octanol–water partition coefficient (Wildman–Crippen LogP) is 23.1. The highest BCUT2D eigenvalue weighted by Crippen LogP contribution is 2.19. The molecule has 0 rings (SSSR count). The van der Waals surface area contributed by atoms with Gasteiger partial charge in [-0.1, -0.05) is 361 Å². The molecule has 0 aromatic rings. The summed E-state index contributed by atoms with van der Waals surface area (Å²) < 4.78 is 16.9. The summed E-state index contributed by atoms with van der Waals surface area (Å²) in [5, 5.41) is 0. The second-order valence-corrected chi connectivity index (χ2v) is 23.5. The third kappa shape index (κ3) is 61.3. The Morgan fingerprint density at radius 1 is 0.216 bits per heavy atom. The molecule has 0 aromatic heterocycles. The van der Waals surface area contributed by atoms with E-state index < -0.39 is 6.10 Å². The second kappa shape index (κ2) is 63.9. The molecule has 74 heavy (non-hydrogen) atoms. The van der Waals surface area contributed by atoms with Gasteiger partial charge in [-0.15, -0.1) is 0 Å². The lowest BCUT2D eigenvalue weighted by Gasteiger charge is -2.18. The number of unbranched alkanes of at least 4 members (excludes halogenated alkanes) is 53. The van der Waals surface area contributed by atoms with Gasteiger partial charge in [-0.25, -0.2) is 0 Å². The van der Waals surface area contributed by atoms with E-state index in [1.165, 1.54) is 302 Å². The molecule has 0 aliphatic heterocycles. The van der Waals surface area contributed by atoms with Crippen LogP contribution in [0.3, 0.4) is 0 Å². The Labute approximate surface area is 463 Å². The first-order chi connectivity index (χ1) is 36.5. The molecule has 1 unspecified atom stereocenters. The maximum Gasteiger partial charge on any atom is 0.306 e. The van der Waals surface area contributed by atoms with Crippen LogP contribution in [0.4, 0.5) is 0 Å². The molecule has 0 aliphatic carbocycles. The fraction of sp³-hybridized carbons (Fsp3) is 0.956. The van der Waals surface area contributed by atoms with Crippen LogP contribution in [0.25, 0.3) is 0 Å². The Morgan fingerprint density at radius 2 is 0.365 bits per heavy atom. The Balaban J connectivity index is 3.95. The van der Waals surface area contributed by atoms with E-state index >= 15 is 0 Å². The fourth-order valence-electron chi connectivity index (χ4n) is 10.7. The van der Waals surface area contributed by atoms with Gasteiger partial charge in [0.15, 0.2) is 6.10 Å². The molecule has 0 heterocycles. The molecular formula is C68H132O6. The lowest BCUT2D eigenvalue weighted by molar-refractivity contribution is -0.167. The average Bonchev–Trinajstić information content (AvgIpc) is 3.40. The van der Waals surface area contributed by atoms with Crippen LogP contribution in [0.5, 0.6) is 0 Å². The van der Waals surface area contributed by atoms with E-state index in [1.807, 2.05) is 0 Å². The number of ether oxygens (including phenoxy) is 3. The maximum absolute atomic E-state index is 12.8. The molecule has 0 N–H and O–H groups in total. The third-order valence-corrected chi connectivity index (χ3v) is 15.9. The molecule has 0 amide bonds. The van der Waals surface area contributed by atoms with Crippen LogP contribution < -0.4 is 0 Å². The fourth-order valence-corrected chi connectivity index (χ4v) is 10.7. The van der Waals surface area contributed by atoms with Crippen LogP contribution in [0.2, 0.25) is 0 Å². The highest BCUT2D eigenvalue weighted by molar-refractivity contribution is 5.71. The van der Waals surface area contributed by atoms with Crippen LogP contribution in [-0.4, -0.2) is 37.2 Å². The minimum atomic E-state index is -0.761. The van der Waals surface area contributed by atoms with E-state index in [0.717, 1.165) is 57.8 Å². The average molecular weight is 1050 g/mol. The Hall–Kier alpha value is -1.59. The Morgan fingerprint density at radius 3 is 0.541 bits per heavy atom. The standard InChI is InChI=1S/C68H132O6/c1-4-7-10-13-16-19-21-23-25-27-28-29-30-31-32-33-34-35-36-37-38-39-40-41-42-44-45-47-49-52-55-58-61-67(70)73-64-65(63-72-66(69)60-57-54-51-18-15-12-9-6-3)74-68(71)62-59-56-53-50-48-46-43-26-24-22-20-17-14-11-8-5-2/h65H,4-64H2,1-3H3. The first kappa shape index (κ1) is 72.4. The van der Waals surface area contributed by atoms with Crippen LogP contribution in [0.1, 0.15) is 400 Å². The summed E-state index contributed by atoms with van der Waals surface area (Å²) in [7, 11) is 0. The largest absolute Gasteiger partial charge is 0.462 e. The lowest BCUT2D eigenvalue weighted by atomic mass is 10.0. The Kier molecular flexibility index (Phi) is 62.6. The number of carbonyl (C=O) groups is 3. The molecular weight excluding hydrogens is 913 g/mol. The van der Waals surface area contributed by atoms with Crippen LogP contribution >= 0.6 is 0 Å². The van der Waals surface area contributed by atoms with Gasteiger partial charge in [0, 0.05) is 19.3 Å². The summed E-state index contributed by atoms with van der Waals surface area (Å²) in [5.74, 6) is -0.834. The number of carbonyl (C=O) groups excluding carboxylic acids is 3. The van der Waals surface area contributed by atoms with Gasteiger partial charge in [-0.3, -0.25) is 14.4 Å². The van der Waals surface area contributed by atoms with Gasteiger partial charge < -0.3 is 14.2 Å². The summed E-state index contributed by atoms with van der Waals surface area (Å²) in [6.07, 6.45) is 74.5. The molecule has 0 saturated heterocycles. The molecule has 0 aliphatic rings. The molecule has 0 bridgehead atoms. The van der Waals surface area contributed by atoms with E-state index in [9.17, 15) is 14.4 Å². The van der Waals surface area contributed by atoms with Crippen molar-refractivity contribution in [3.8, 4) is 0 Å². The molecule has 440 valence electrons. The Bertz CT molecular complexity index is 1110. The molecule has 6 nitrogen and oxygen atoms in total. The normalized spacial score (nSPS) is 11.9. The van der Waals surface area contributed by atoms with Crippen molar-refractivity contribution in [1.82, 2.24) is 0 Å². The van der Waals surface area contributed by atoms with Crippen molar-refractivity contribution in [2.24, 2.45) is 0 Å². The van der Waals surface area contributed by atoms with Gasteiger partial charge in [0.1, 0.15) is 13.2 Å². The zero-order valence-electron chi connectivity index (χ0n) is 50.7. The number of hydrogen-bond acceptors (Lipinski definition) is 6. The maximum atomic E-state index is 12.8. The zero-order chi connectivity index (χ0) is 53.6. The van der Waals surface area contributed by atoms with Crippen molar-refractivity contribution >= 4 is 17.9 Å². The van der Waals surface area contributed by atoms with Crippen LogP contribution in [0.15, 0.2) is 0 Å². The molecule has 0 aromatic carbocycles. The second-order valence-electron chi connectivity index (χ2n) is 23.5.